The molecule has 0 saturated carbocycles. The van der Waals surface area contributed by atoms with Crippen LogP contribution in [-0.2, 0) is 0 Å². The average molecular weight is 280 g/mol. The Morgan fingerprint density at radius 2 is 2.32 bits per heavy atom. The number of rotatable bonds is 3. The molecule has 2 rings (SSSR count). The molecule has 19 heavy (non-hydrogen) atoms. The van der Waals surface area contributed by atoms with Gasteiger partial charge in [-0.15, -0.1) is 0 Å². The first kappa shape index (κ1) is 14.1. The third-order valence-corrected chi connectivity index (χ3v) is 4.93. The van der Waals surface area contributed by atoms with Gasteiger partial charge in [0.1, 0.15) is 0 Å². The molecular weight excluding hydrogens is 260 g/mol. The van der Waals surface area contributed by atoms with Gasteiger partial charge in [0.05, 0.1) is 5.56 Å². The molecule has 3 N–H and O–H groups in total. The van der Waals surface area contributed by atoms with Crippen LogP contribution in [0.1, 0.15) is 29.3 Å². The summed E-state index contributed by atoms with van der Waals surface area (Å²) in [6.07, 6.45) is 1.14. The molecule has 0 bridgehead atoms. The molecule has 0 amide bonds. The molecule has 1 unspecified atom stereocenters. The summed E-state index contributed by atoms with van der Waals surface area (Å²) in [4.78, 5) is 13.5. The zero-order valence-corrected chi connectivity index (χ0v) is 12.2. The highest BCUT2D eigenvalue weighted by molar-refractivity contribution is 8.00. The number of aromatic carboxylic acids is 1. The van der Waals surface area contributed by atoms with Crippen LogP contribution < -0.4 is 10.6 Å². The van der Waals surface area contributed by atoms with Crippen LogP contribution in [0.25, 0.3) is 0 Å². The quantitative estimate of drug-likeness (QED) is 0.833. The van der Waals surface area contributed by atoms with E-state index in [-0.39, 0.29) is 5.56 Å². The Labute approximate surface area is 118 Å². The second-order valence-electron chi connectivity index (χ2n) is 4.88. The second kappa shape index (κ2) is 5.74. The predicted molar refractivity (Wildman–Crippen MR) is 81.3 cm³/mol. The maximum Gasteiger partial charge on any atom is 0.337 e. The number of carbonyl (C=O) groups is 1. The third kappa shape index (κ3) is 2.97. The van der Waals surface area contributed by atoms with Crippen LogP contribution in [0.5, 0.6) is 0 Å². The summed E-state index contributed by atoms with van der Waals surface area (Å²) in [6.45, 7) is 5.99. The number of nitrogens with zero attached hydrogens (tertiary/aromatic N) is 1. The number of thioether (sulfide) groups is 1. The molecule has 1 aliphatic rings. The zero-order chi connectivity index (χ0) is 14.0. The Kier molecular flexibility index (Phi) is 4.24. The summed E-state index contributed by atoms with van der Waals surface area (Å²) in [6, 6.07) is 3.69. The van der Waals surface area contributed by atoms with Crippen molar-refractivity contribution in [3.05, 3.63) is 23.3 Å². The van der Waals surface area contributed by atoms with Crippen molar-refractivity contribution >= 4 is 29.1 Å². The number of hydrogen-bond donors (Lipinski definition) is 2. The van der Waals surface area contributed by atoms with Gasteiger partial charge in [0.2, 0.25) is 0 Å². The van der Waals surface area contributed by atoms with Gasteiger partial charge >= 0.3 is 5.97 Å². The summed E-state index contributed by atoms with van der Waals surface area (Å²) in [5, 5.41) is 9.83. The minimum Gasteiger partial charge on any atom is -0.478 e. The van der Waals surface area contributed by atoms with E-state index in [0.29, 0.717) is 10.9 Å². The van der Waals surface area contributed by atoms with E-state index < -0.39 is 5.97 Å². The smallest absolute Gasteiger partial charge is 0.337 e. The van der Waals surface area contributed by atoms with Crippen LogP contribution in [-0.4, -0.2) is 35.2 Å². The number of anilines is 2. The molecule has 1 aromatic carbocycles. The van der Waals surface area contributed by atoms with Crippen molar-refractivity contribution in [3.8, 4) is 0 Å². The third-order valence-electron chi connectivity index (χ3n) is 3.56. The van der Waals surface area contributed by atoms with E-state index in [2.05, 4.69) is 11.8 Å². The largest absolute Gasteiger partial charge is 0.478 e. The first-order valence-corrected chi connectivity index (χ1v) is 7.57. The van der Waals surface area contributed by atoms with Crippen LogP contribution in [0.2, 0.25) is 0 Å². The van der Waals surface area contributed by atoms with Crippen molar-refractivity contribution in [1.29, 1.82) is 0 Å². The van der Waals surface area contributed by atoms with E-state index in [1.807, 2.05) is 24.8 Å². The van der Waals surface area contributed by atoms with Crippen LogP contribution in [0, 0.1) is 6.92 Å². The van der Waals surface area contributed by atoms with E-state index in [4.69, 9.17) is 5.73 Å². The van der Waals surface area contributed by atoms with Crippen molar-refractivity contribution < 1.29 is 9.90 Å². The fourth-order valence-corrected chi connectivity index (χ4v) is 3.52. The lowest BCUT2D eigenvalue weighted by atomic mass is 10.1. The first-order valence-electron chi connectivity index (χ1n) is 6.53. The molecule has 0 radical (unpaired) electrons. The predicted octanol–water partition coefficient (Wildman–Crippen LogP) is 2.61. The highest BCUT2D eigenvalue weighted by Crippen LogP contribution is 2.30. The number of aryl methyl sites for hydroxylation is 1. The number of benzene rings is 1. The van der Waals surface area contributed by atoms with Gasteiger partial charge in [0.15, 0.2) is 0 Å². The molecule has 0 aliphatic carbocycles. The van der Waals surface area contributed by atoms with Gasteiger partial charge in [0.25, 0.3) is 0 Å². The number of hydrogen-bond acceptors (Lipinski definition) is 4. The summed E-state index contributed by atoms with van der Waals surface area (Å²) < 4.78 is 0. The molecule has 1 heterocycles. The molecule has 1 atom stereocenters. The molecule has 5 heteroatoms. The van der Waals surface area contributed by atoms with Crippen molar-refractivity contribution in [2.75, 3.05) is 29.5 Å². The van der Waals surface area contributed by atoms with Crippen LogP contribution >= 0.6 is 11.8 Å². The zero-order valence-electron chi connectivity index (χ0n) is 11.3. The highest BCUT2D eigenvalue weighted by atomic mass is 32.2. The fraction of sp³-hybridized carbons (Fsp3) is 0.500. The van der Waals surface area contributed by atoms with Crippen molar-refractivity contribution in [1.82, 2.24) is 0 Å². The van der Waals surface area contributed by atoms with Crippen LogP contribution in [0.3, 0.4) is 0 Å². The summed E-state index contributed by atoms with van der Waals surface area (Å²) in [5.41, 5.74) is 8.22. The van der Waals surface area contributed by atoms with Gasteiger partial charge in [-0.05, 0) is 31.0 Å². The average Bonchev–Trinajstić information content (AvgIpc) is 2.41. The van der Waals surface area contributed by atoms with Crippen molar-refractivity contribution in [2.24, 2.45) is 0 Å². The Hall–Kier alpha value is -1.36. The van der Waals surface area contributed by atoms with Gasteiger partial charge < -0.3 is 15.7 Å². The molecule has 0 aromatic heterocycles. The van der Waals surface area contributed by atoms with Gasteiger partial charge in [-0.1, -0.05) is 6.92 Å². The minimum absolute atomic E-state index is 0.210. The number of carboxylic acid groups (broad SMARTS) is 1. The Bertz CT molecular complexity index is 491. The lowest BCUT2D eigenvalue weighted by Gasteiger charge is -2.34. The fourth-order valence-electron chi connectivity index (χ4n) is 2.34. The van der Waals surface area contributed by atoms with Gasteiger partial charge in [0, 0.05) is 35.5 Å². The van der Waals surface area contributed by atoms with Gasteiger partial charge in [-0.25, -0.2) is 4.79 Å². The van der Waals surface area contributed by atoms with Crippen molar-refractivity contribution in [2.45, 2.75) is 25.5 Å². The van der Waals surface area contributed by atoms with Crippen molar-refractivity contribution in [3.63, 3.8) is 0 Å². The highest BCUT2D eigenvalue weighted by Gasteiger charge is 2.21. The lowest BCUT2D eigenvalue weighted by molar-refractivity contribution is 0.0698. The van der Waals surface area contributed by atoms with Gasteiger partial charge in [-0.2, -0.15) is 11.8 Å². The molecule has 1 saturated heterocycles. The van der Waals surface area contributed by atoms with Crippen LogP contribution in [0.15, 0.2) is 12.1 Å². The molecule has 104 valence electrons. The van der Waals surface area contributed by atoms with E-state index in [1.165, 1.54) is 0 Å². The van der Waals surface area contributed by atoms with E-state index in [1.54, 1.807) is 6.07 Å². The van der Waals surface area contributed by atoms with Gasteiger partial charge in [-0.3, -0.25) is 0 Å². The lowest BCUT2D eigenvalue weighted by Crippen LogP contribution is -2.37. The molecule has 0 spiro atoms. The Morgan fingerprint density at radius 1 is 1.58 bits per heavy atom. The number of nitrogens with two attached hydrogens (primary N) is 1. The summed E-state index contributed by atoms with van der Waals surface area (Å²) in [5.74, 6) is 0.130. The van der Waals surface area contributed by atoms with Crippen LogP contribution in [0.4, 0.5) is 11.4 Å². The Morgan fingerprint density at radius 3 is 2.95 bits per heavy atom. The summed E-state index contributed by atoms with van der Waals surface area (Å²) >= 11 is 2.00. The number of carboxylic acids is 1. The maximum atomic E-state index is 11.2. The minimum atomic E-state index is -0.958. The number of nitrogen functional groups attached to an aromatic ring is 1. The first-order chi connectivity index (χ1) is 9.02. The molecular formula is C14H20N2O2S. The monoisotopic (exact) mass is 280 g/mol. The second-order valence-corrected chi connectivity index (χ2v) is 6.28. The SMILES string of the molecule is CCC1CN(c2cc(C)c(N)c(C(=O)O)c2)CCS1. The van der Waals surface area contributed by atoms with E-state index in [0.717, 1.165) is 36.5 Å². The van der Waals surface area contributed by atoms with E-state index in [9.17, 15) is 9.90 Å². The normalized spacial score (nSPS) is 19.5. The maximum absolute atomic E-state index is 11.2. The molecule has 1 fully saturated rings. The summed E-state index contributed by atoms with van der Waals surface area (Å²) in [7, 11) is 0. The molecule has 1 aromatic rings. The standard InChI is InChI=1S/C14H20N2O2S/c1-3-11-8-16(4-5-19-11)10-6-9(2)13(15)12(7-10)14(17)18/h6-7,11H,3-5,8,15H2,1-2H3,(H,17,18). The topological polar surface area (TPSA) is 66.6 Å². The Balaban J connectivity index is 2.32. The molecule has 1 aliphatic heterocycles. The molecule has 4 nitrogen and oxygen atoms in total. The van der Waals surface area contributed by atoms with E-state index >= 15 is 0 Å².